The zero-order chi connectivity index (χ0) is 12.5. The Bertz CT molecular complexity index is 701. The number of hydrogen-bond acceptors (Lipinski definition) is 3. The summed E-state index contributed by atoms with van der Waals surface area (Å²) in [6.07, 6.45) is 0. The van der Waals surface area contributed by atoms with Crippen LogP contribution in [0.1, 0.15) is 0 Å². The van der Waals surface area contributed by atoms with Gasteiger partial charge in [-0.05, 0) is 29.1 Å². The van der Waals surface area contributed by atoms with Gasteiger partial charge in [-0.3, -0.25) is 0 Å². The second-order valence-electron chi connectivity index (χ2n) is 4.03. The van der Waals surface area contributed by atoms with Crippen molar-refractivity contribution in [3.05, 3.63) is 47.8 Å². The minimum absolute atomic E-state index is 0.167. The van der Waals surface area contributed by atoms with E-state index < -0.39 is 0 Å². The summed E-state index contributed by atoms with van der Waals surface area (Å²) >= 11 is 1.72. The van der Waals surface area contributed by atoms with Crippen LogP contribution in [0, 0.1) is 0 Å². The molecule has 0 atom stereocenters. The average Bonchev–Trinajstić information content (AvgIpc) is 2.83. The Morgan fingerprint density at radius 2 is 1.94 bits per heavy atom. The molecule has 0 aliphatic rings. The van der Waals surface area contributed by atoms with Gasteiger partial charge in [0, 0.05) is 15.6 Å². The topological polar surface area (TPSA) is 29.5 Å². The summed E-state index contributed by atoms with van der Waals surface area (Å²) < 4.78 is 6.41. The summed E-state index contributed by atoms with van der Waals surface area (Å²) in [5.74, 6) is 0.670. The van der Waals surface area contributed by atoms with E-state index in [1.54, 1.807) is 24.5 Å². The fourth-order valence-corrected chi connectivity index (χ4v) is 3.02. The second kappa shape index (κ2) is 4.35. The van der Waals surface area contributed by atoms with E-state index in [1.165, 1.54) is 15.6 Å². The highest BCUT2D eigenvalue weighted by Gasteiger charge is 2.08. The molecular formula is C15H12O2S. The molecule has 0 aliphatic carbocycles. The van der Waals surface area contributed by atoms with E-state index >= 15 is 0 Å². The maximum Gasteiger partial charge on any atom is 0.161 e. The molecule has 90 valence electrons. The third kappa shape index (κ3) is 1.73. The van der Waals surface area contributed by atoms with Crippen LogP contribution in [-0.2, 0) is 0 Å². The van der Waals surface area contributed by atoms with Crippen LogP contribution < -0.4 is 4.74 Å². The van der Waals surface area contributed by atoms with Crippen LogP contribution in [0.15, 0.2) is 47.8 Å². The summed E-state index contributed by atoms with van der Waals surface area (Å²) in [6.45, 7) is 0. The van der Waals surface area contributed by atoms with Gasteiger partial charge in [0.25, 0.3) is 0 Å². The van der Waals surface area contributed by atoms with Crippen LogP contribution in [0.5, 0.6) is 11.5 Å². The number of methoxy groups -OCH3 is 1. The third-order valence-corrected chi connectivity index (χ3v) is 3.94. The maximum absolute atomic E-state index is 9.62. The number of ether oxygens (including phenoxy) is 1. The zero-order valence-corrected chi connectivity index (χ0v) is 10.7. The molecule has 0 fully saturated rings. The highest BCUT2D eigenvalue weighted by molar-refractivity contribution is 7.17. The van der Waals surface area contributed by atoms with E-state index in [9.17, 15) is 5.11 Å². The number of fused-ring (bicyclic) bond motifs is 1. The highest BCUT2D eigenvalue weighted by Crippen LogP contribution is 2.37. The Morgan fingerprint density at radius 3 is 2.78 bits per heavy atom. The Balaban J connectivity index is 2.20. The van der Waals surface area contributed by atoms with Crippen molar-refractivity contribution in [1.29, 1.82) is 0 Å². The van der Waals surface area contributed by atoms with Gasteiger partial charge in [0.2, 0.25) is 0 Å². The van der Waals surface area contributed by atoms with E-state index in [1.807, 2.05) is 24.3 Å². The van der Waals surface area contributed by atoms with Gasteiger partial charge in [-0.1, -0.05) is 24.3 Å². The quantitative estimate of drug-likeness (QED) is 0.741. The normalized spacial score (nSPS) is 10.7. The van der Waals surface area contributed by atoms with Crippen molar-refractivity contribution in [2.75, 3.05) is 7.11 Å². The van der Waals surface area contributed by atoms with E-state index in [-0.39, 0.29) is 5.75 Å². The lowest BCUT2D eigenvalue weighted by atomic mass is 10.0. The van der Waals surface area contributed by atoms with Crippen LogP contribution in [0.3, 0.4) is 0 Å². The predicted octanol–water partition coefficient (Wildman–Crippen LogP) is 4.28. The molecule has 1 aromatic heterocycles. The standard InChI is InChI=1S/C15H12O2S/c1-17-14-8-10(6-7-13(14)16)12-9-18-15-5-3-2-4-11(12)15/h2-9,16H,1H3. The maximum atomic E-state index is 9.62. The number of benzene rings is 2. The number of aromatic hydroxyl groups is 1. The molecule has 3 heteroatoms. The second-order valence-corrected chi connectivity index (χ2v) is 4.94. The van der Waals surface area contributed by atoms with E-state index in [0.29, 0.717) is 5.75 Å². The molecule has 2 nitrogen and oxygen atoms in total. The van der Waals surface area contributed by atoms with Crippen molar-refractivity contribution in [2.24, 2.45) is 0 Å². The van der Waals surface area contributed by atoms with Crippen LogP contribution in [0.25, 0.3) is 21.2 Å². The summed E-state index contributed by atoms with van der Waals surface area (Å²) in [6, 6.07) is 13.7. The molecule has 3 aromatic rings. The van der Waals surface area contributed by atoms with Crippen molar-refractivity contribution < 1.29 is 9.84 Å². The van der Waals surface area contributed by atoms with Crippen LogP contribution in [0.4, 0.5) is 0 Å². The van der Waals surface area contributed by atoms with Gasteiger partial charge in [0.1, 0.15) is 0 Å². The lowest BCUT2D eigenvalue weighted by Gasteiger charge is -2.06. The lowest BCUT2D eigenvalue weighted by molar-refractivity contribution is 0.373. The summed E-state index contributed by atoms with van der Waals surface area (Å²) in [4.78, 5) is 0. The van der Waals surface area contributed by atoms with Gasteiger partial charge in [0.15, 0.2) is 11.5 Å². The SMILES string of the molecule is COc1cc(-c2csc3ccccc23)ccc1O. The van der Waals surface area contributed by atoms with Crippen molar-refractivity contribution in [3.8, 4) is 22.6 Å². The van der Waals surface area contributed by atoms with Gasteiger partial charge >= 0.3 is 0 Å². The number of phenols is 1. The van der Waals surface area contributed by atoms with Crippen LogP contribution in [-0.4, -0.2) is 12.2 Å². The van der Waals surface area contributed by atoms with E-state index in [0.717, 1.165) is 5.56 Å². The fourth-order valence-electron chi connectivity index (χ4n) is 2.05. The molecule has 0 saturated carbocycles. The van der Waals surface area contributed by atoms with E-state index in [4.69, 9.17) is 4.74 Å². The molecular weight excluding hydrogens is 244 g/mol. The number of phenolic OH excluding ortho intramolecular Hbond substituents is 1. The van der Waals surface area contributed by atoms with E-state index in [2.05, 4.69) is 17.5 Å². The van der Waals surface area contributed by atoms with Crippen molar-refractivity contribution in [3.63, 3.8) is 0 Å². The van der Waals surface area contributed by atoms with Crippen molar-refractivity contribution in [2.45, 2.75) is 0 Å². The largest absolute Gasteiger partial charge is 0.504 e. The minimum atomic E-state index is 0.167. The number of thiophene rings is 1. The summed E-state index contributed by atoms with van der Waals surface area (Å²) in [7, 11) is 1.56. The van der Waals surface area contributed by atoms with Crippen LogP contribution in [0.2, 0.25) is 0 Å². The smallest absolute Gasteiger partial charge is 0.161 e. The van der Waals surface area contributed by atoms with Gasteiger partial charge in [0.05, 0.1) is 7.11 Å². The molecule has 0 saturated heterocycles. The highest BCUT2D eigenvalue weighted by atomic mass is 32.1. The molecule has 0 bridgehead atoms. The summed E-state index contributed by atoms with van der Waals surface area (Å²) in [5, 5.41) is 13.0. The molecule has 0 radical (unpaired) electrons. The molecule has 0 aliphatic heterocycles. The molecule has 0 unspecified atom stereocenters. The molecule has 0 amide bonds. The first-order valence-corrected chi connectivity index (χ1v) is 6.51. The molecule has 18 heavy (non-hydrogen) atoms. The minimum Gasteiger partial charge on any atom is -0.504 e. The summed E-state index contributed by atoms with van der Waals surface area (Å²) in [5.41, 5.74) is 2.23. The first kappa shape index (κ1) is 11.1. The Hall–Kier alpha value is -2.00. The Kier molecular flexibility index (Phi) is 2.68. The average molecular weight is 256 g/mol. The fraction of sp³-hybridized carbons (Fsp3) is 0.0667. The van der Waals surface area contributed by atoms with Crippen molar-refractivity contribution in [1.82, 2.24) is 0 Å². The molecule has 1 N–H and O–H groups in total. The third-order valence-electron chi connectivity index (χ3n) is 2.97. The number of hydrogen-bond donors (Lipinski definition) is 1. The molecule has 2 aromatic carbocycles. The van der Waals surface area contributed by atoms with Crippen molar-refractivity contribution >= 4 is 21.4 Å². The molecule has 0 spiro atoms. The van der Waals surface area contributed by atoms with Gasteiger partial charge in [-0.15, -0.1) is 11.3 Å². The Morgan fingerprint density at radius 1 is 1.11 bits per heavy atom. The first-order chi connectivity index (χ1) is 8.79. The molecule has 3 rings (SSSR count). The first-order valence-electron chi connectivity index (χ1n) is 5.63. The Labute approximate surface area is 109 Å². The van der Waals surface area contributed by atoms with Gasteiger partial charge in [-0.25, -0.2) is 0 Å². The van der Waals surface area contributed by atoms with Crippen LogP contribution >= 0.6 is 11.3 Å². The molecule has 1 heterocycles. The van der Waals surface area contributed by atoms with Gasteiger partial charge in [-0.2, -0.15) is 0 Å². The zero-order valence-electron chi connectivity index (χ0n) is 9.88. The van der Waals surface area contributed by atoms with Gasteiger partial charge < -0.3 is 9.84 Å². The lowest BCUT2D eigenvalue weighted by Crippen LogP contribution is -1.84. The monoisotopic (exact) mass is 256 g/mol. The number of rotatable bonds is 2. The predicted molar refractivity (Wildman–Crippen MR) is 75.5 cm³/mol.